The smallest absolute Gasteiger partial charge is 0.246 e. The van der Waals surface area contributed by atoms with Gasteiger partial charge in [-0.15, -0.1) is 0 Å². The standard InChI is InChI=1S/C15H19FN2O/c1-11-9-18(10-12(2)17-11)15(19)7-6-13-4-3-5-14(16)8-13/h3-8,11-12,17H,9-10H2,1-2H3/b7-6+. The molecule has 0 radical (unpaired) electrons. The van der Waals surface area contributed by atoms with Crippen molar-refractivity contribution >= 4 is 12.0 Å². The molecule has 1 N–H and O–H groups in total. The molecule has 1 fully saturated rings. The van der Waals surface area contributed by atoms with Crippen LogP contribution in [0.3, 0.4) is 0 Å². The Bertz CT molecular complexity index is 477. The molecule has 1 saturated heterocycles. The Morgan fingerprint density at radius 2 is 2.05 bits per heavy atom. The molecule has 1 aromatic rings. The molecular formula is C15H19FN2O. The van der Waals surface area contributed by atoms with Gasteiger partial charge in [-0.2, -0.15) is 0 Å². The molecule has 2 unspecified atom stereocenters. The van der Waals surface area contributed by atoms with Crippen LogP contribution in [0.15, 0.2) is 30.3 Å². The molecule has 1 aliphatic heterocycles. The van der Waals surface area contributed by atoms with E-state index in [0.717, 1.165) is 0 Å². The highest BCUT2D eigenvalue weighted by molar-refractivity contribution is 5.91. The summed E-state index contributed by atoms with van der Waals surface area (Å²) < 4.78 is 13.0. The number of halogens is 1. The zero-order chi connectivity index (χ0) is 13.8. The van der Waals surface area contributed by atoms with Crippen LogP contribution in [-0.2, 0) is 4.79 Å². The minimum absolute atomic E-state index is 0.0236. The molecule has 0 bridgehead atoms. The van der Waals surface area contributed by atoms with Crippen LogP contribution in [0.4, 0.5) is 4.39 Å². The van der Waals surface area contributed by atoms with E-state index in [0.29, 0.717) is 30.7 Å². The molecular weight excluding hydrogens is 243 g/mol. The van der Waals surface area contributed by atoms with Gasteiger partial charge in [0.25, 0.3) is 0 Å². The van der Waals surface area contributed by atoms with Crippen LogP contribution in [0, 0.1) is 5.82 Å². The zero-order valence-electron chi connectivity index (χ0n) is 11.3. The molecule has 2 atom stereocenters. The van der Waals surface area contributed by atoms with E-state index in [4.69, 9.17) is 0 Å². The van der Waals surface area contributed by atoms with Crippen LogP contribution in [-0.4, -0.2) is 36.0 Å². The van der Waals surface area contributed by atoms with Gasteiger partial charge in [0.1, 0.15) is 5.82 Å². The van der Waals surface area contributed by atoms with E-state index in [1.807, 2.05) is 4.90 Å². The third kappa shape index (κ3) is 3.89. The summed E-state index contributed by atoms with van der Waals surface area (Å²) in [5.41, 5.74) is 0.699. The molecule has 1 amide bonds. The molecule has 1 heterocycles. The summed E-state index contributed by atoms with van der Waals surface area (Å²) in [6, 6.07) is 6.81. The van der Waals surface area contributed by atoms with E-state index >= 15 is 0 Å². The average molecular weight is 262 g/mol. The summed E-state index contributed by atoms with van der Waals surface area (Å²) in [6.07, 6.45) is 3.17. The van der Waals surface area contributed by atoms with E-state index in [1.165, 1.54) is 18.2 Å². The summed E-state index contributed by atoms with van der Waals surface area (Å²) >= 11 is 0. The number of hydrogen-bond acceptors (Lipinski definition) is 2. The summed E-state index contributed by atoms with van der Waals surface area (Å²) in [4.78, 5) is 13.9. The molecule has 102 valence electrons. The number of nitrogens with zero attached hydrogens (tertiary/aromatic N) is 1. The van der Waals surface area contributed by atoms with Gasteiger partial charge in [0.2, 0.25) is 5.91 Å². The van der Waals surface area contributed by atoms with Gasteiger partial charge in [0.15, 0.2) is 0 Å². The highest BCUT2D eigenvalue weighted by Crippen LogP contribution is 2.08. The van der Waals surface area contributed by atoms with Crippen molar-refractivity contribution in [1.82, 2.24) is 10.2 Å². The van der Waals surface area contributed by atoms with Crippen molar-refractivity contribution in [2.75, 3.05) is 13.1 Å². The van der Waals surface area contributed by atoms with Crippen molar-refractivity contribution in [2.45, 2.75) is 25.9 Å². The predicted octanol–water partition coefficient (Wildman–Crippen LogP) is 2.05. The SMILES string of the molecule is CC1CN(C(=O)/C=C/c2cccc(F)c2)CC(C)N1. The maximum atomic E-state index is 13.0. The number of carbonyl (C=O) groups excluding carboxylic acids is 1. The molecule has 19 heavy (non-hydrogen) atoms. The van der Waals surface area contributed by atoms with Crippen molar-refractivity contribution in [3.63, 3.8) is 0 Å². The number of hydrogen-bond donors (Lipinski definition) is 1. The minimum Gasteiger partial charge on any atom is -0.336 e. The molecule has 0 saturated carbocycles. The Morgan fingerprint density at radius 1 is 1.37 bits per heavy atom. The second-order valence-electron chi connectivity index (χ2n) is 5.10. The van der Waals surface area contributed by atoms with Gasteiger partial charge in [0, 0.05) is 31.2 Å². The van der Waals surface area contributed by atoms with Gasteiger partial charge < -0.3 is 10.2 Å². The third-order valence-electron chi connectivity index (χ3n) is 3.14. The first-order valence-corrected chi connectivity index (χ1v) is 6.53. The van der Waals surface area contributed by atoms with Crippen LogP contribution in [0.25, 0.3) is 6.08 Å². The first kappa shape index (κ1) is 13.7. The van der Waals surface area contributed by atoms with E-state index < -0.39 is 0 Å². The normalized spacial score (nSPS) is 23.8. The van der Waals surface area contributed by atoms with Crippen molar-refractivity contribution in [3.8, 4) is 0 Å². The van der Waals surface area contributed by atoms with Crippen LogP contribution < -0.4 is 5.32 Å². The van der Waals surface area contributed by atoms with E-state index in [-0.39, 0.29) is 11.7 Å². The predicted molar refractivity (Wildman–Crippen MR) is 74.1 cm³/mol. The monoisotopic (exact) mass is 262 g/mol. The highest BCUT2D eigenvalue weighted by Gasteiger charge is 2.23. The number of piperazine rings is 1. The average Bonchev–Trinajstić information content (AvgIpc) is 2.35. The number of nitrogens with one attached hydrogen (secondary N) is 1. The fraction of sp³-hybridized carbons (Fsp3) is 0.400. The Hall–Kier alpha value is -1.68. The Balaban J connectivity index is 2.00. The molecule has 3 nitrogen and oxygen atoms in total. The van der Waals surface area contributed by atoms with Crippen molar-refractivity contribution in [1.29, 1.82) is 0 Å². The first-order valence-electron chi connectivity index (χ1n) is 6.53. The van der Waals surface area contributed by atoms with Gasteiger partial charge in [-0.05, 0) is 37.6 Å². The van der Waals surface area contributed by atoms with Gasteiger partial charge in [0.05, 0.1) is 0 Å². The lowest BCUT2D eigenvalue weighted by atomic mass is 10.1. The van der Waals surface area contributed by atoms with E-state index in [2.05, 4.69) is 19.2 Å². The fourth-order valence-electron chi connectivity index (χ4n) is 2.39. The largest absolute Gasteiger partial charge is 0.336 e. The molecule has 2 rings (SSSR count). The van der Waals surface area contributed by atoms with Crippen LogP contribution in [0.2, 0.25) is 0 Å². The first-order chi connectivity index (χ1) is 9.04. The van der Waals surface area contributed by atoms with Gasteiger partial charge in [-0.25, -0.2) is 4.39 Å². The van der Waals surface area contributed by atoms with Crippen LogP contribution in [0.1, 0.15) is 19.4 Å². The zero-order valence-corrected chi connectivity index (χ0v) is 11.3. The summed E-state index contributed by atoms with van der Waals surface area (Å²) in [5.74, 6) is -0.316. The number of benzene rings is 1. The topological polar surface area (TPSA) is 32.3 Å². The Labute approximate surface area is 113 Å². The number of amides is 1. The van der Waals surface area contributed by atoms with Crippen LogP contribution >= 0.6 is 0 Å². The van der Waals surface area contributed by atoms with E-state index in [1.54, 1.807) is 18.2 Å². The fourth-order valence-corrected chi connectivity index (χ4v) is 2.39. The summed E-state index contributed by atoms with van der Waals surface area (Å²) in [7, 11) is 0. The second kappa shape index (κ2) is 5.97. The maximum Gasteiger partial charge on any atom is 0.246 e. The molecule has 1 aromatic carbocycles. The molecule has 0 aromatic heterocycles. The highest BCUT2D eigenvalue weighted by atomic mass is 19.1. The van der Waals surface area contributed by atoms with Gasteiger partial charge in [-0.3, -0.25) is 4.79 Å². The van der Waals surface area contributed by atoms with Crippen molar-refractivity contribution < 1.29 is 9.18 Å². The van der Waals surface area contributed by atoms with Gasteiger partial charge >= 0.3 is 0 Å². The van der Waals surface area contributed by atoms with Crippen molar-refractivity contribution in [2.24, 2.45) is 0 Å². The Morgan fingerprint density at radius 3 is 2.68 bits per heavy atom. The lowest BCUT2D eigenvalue weighted by molar-refractivity contribution is -0.127. The number of carbonyl (C=O) groups is 1. The minimum atomic E-state index is -0.293. The summed E-state index contributed by atoms with van der Waals surface area (Å²) in [5, 5.41) is 3.38. The van der Waals surface area contributed by atoms with E-state index in [9.17, 15) is 9.18 Å². The lowest BCUT2D eigenvalue weighted by Gasteiger charge is -2.35. The Kier molecular flexibility index (Phi) is 4.32. The lowest BCUT2D eigenvalue weighted by Crippen LogP contribution is -2.55. The van der Waals surface area contributed by atoms with Gasteiger partial charge in [-0.1, -0.05) is 12.1 Å². The van der Waals surface area contributed by atoms with Crippen LogP contribution in [0.5, 0.6) is 0 Å². The second-order valence-corrected chi connectivity index (χ2v) is 5.10. The van der Waals surface area contributed by atoms with Crippen molar-refractivity contribution in [3.05, 3.63) is 41.7 Å². The molecule has 1 aliphatic rings. The summed E-state index contributed by atoms with van der Waals surface area (Å²) in [6.45, 7) is 5.53. The molecule has 0 spiro atoms. The third-order valence-corrected chi connectivity index (χ3v) is 3.14. The quantitative estimate of drug-likeness (QED) is 0.827. The molecule has 0 aliphatic carbocycles. The molecule has 4 heteroatoms. The maximum absolute atomic E-state index is 13.0. The number of rotatable bonds is 2.